The standard InChI is InChI=1S/C17H18ClNO2/c1-19-9-14-12-4-2-3-5-16(12)21-17-7-6-11(18)8-13(17)15(14)10-20/h2-8,14-15,19-20H,9-10H2,1H3. The summed E-state index contributed by atoms with van der Waals surface area (Å²) in [7, 11) is 1.92. The number of benzene rings is 2. The number of ether oxygens (including phenoxy) is 1. The molecule has 0 spiro atoms. The van der Waals surface area contributed by atoms with Gasteiger partial charge in [-0.3, -0.25) is 0 Å². The fourth-order valence-electron chi connectivity index (χ4n) is 3.03. The van der Waals surface area contributed by atoms with Crippen molar-refractivity contribution in [2.75, 3.05) is 20.2 Å². The summed E-state index contributed by atoms with van der Waals surface area (Å²) in [5.74, 6) is 1.70. The summed E-state index contributed by atoms with van der Waals surface area (Å²) in [4.78, 5) is 0. The highest BCUT2D eigenvalue weighted by Crippen LogP contribution is 2.46. The Morgan fingerprint density at radius 1 is 1.10 bits per heavy atom. The second-order valence-corrected chi connectivity index (χ2v) is 5.71. The third-order valence-corrected chi connectivity index (χ3v) is 4.25. The highest BCUT2D eigenvalue weighted by molar-refractivity contribution is 6.30. The fourth-order valence-corrected chi connectivity index (χ4v) is 3.21. The van der Waals surface area contributed by atoms with Crippen LogP contribution in [0.1, 0.15) is 23.0 Å². The van der Waals surface area contributed by atoms with Gasteiger partial charge in [-0.25, -0.2) is 0 Å². The van der Waals surface area contributed by atoms with Gasteiger partial charge in [0.25, 0.3) is 0 Å². The maximum Gasteiger partial charge on any atom is 0.131 e. The molecule has 1 aliphatic rings. The highest BCUT2D eigenvalue weighted by atomic mass is 35.5. The summed E-state index contributed by atoms with van der Waals surface area (Å²) in [6.07, 6.45) is 0. The molecular weight excluding hydrogens is 286 g/mol. The first-order valence-corrected chi connectivity index (χ1v) is 7.44. The van der Waals surface area contributed by atoms with Gasteiger partial charge >= 0.3 is 0 Å². The monoisotopic (exact) mass is 303 g/mol. The molecule has 0 aromatic heterocycles. The highest BCUT2D eigenvalue weighted by Gasteiger charge is 2.31. The lowest BCUT2D eigenvalue weighted by molar-refractivity contribution is 0.247. The Kier molecular flexibility index (Phi) is 4.15. The van der Waals surface area contributed by atoms with E-state index in [-0.39, 0.29) is 18.4 Å². The number of hydrogen-bond acceptors (Lipinski definition) is 3. The number of fused-ring (bicyclic) bond motifs is 2. The molecule has 0 amide bonds. The number of para-hydroxylation sites is 1. The molecule has 110 valence electrons. The van der Waals surface area contributed by atoms with Crippen LogP contribution < -0.4 is 10.1 Å². The second kappa shape index (κ2) is 6.06. The van der Waals surface area contributed by atoms with Gasteiger partial charge in [-0.05, 0) is 36.9 Å². The van der Waals surface area contributed by atoms with Crippen molar-refractivity contribution < 1.29 is 9.84 Å². The van der Waals surface area contributed by atoms with E-state index in [1.165, 1.54) is 0 Å². The minimum atomic E-state index is -0.0465. The number of aliphatic hydroxyl groups excluding tert-OH is 1. The van der Waals surface area contributed by atoms with E-state index in [2.05, 4.69) is 11.4 Å². The van der Waals surface area contributed by atoms with Gasteiger partial charge in [0.05, 0.1) is 6.61 Å². The van der Waals surface area contributed by atoms with Gasteiger partial charge in [0.15, 0.2) is 0 Å². The molecule has 0 fully saturated rings. The number of halogens is 1. The van der Waals surface area contributed by atoms with Gasteiger partial charge in [-0.1, -0.05) is 29.8 Å². The lowest BCUT2D eigenvalue weighted by atomic mass is 9.82. The molecule has 2 aromatic carbocycles. The predicted octanol–water partition coefficient (Wildman–Crippen LogP) is 3.52. The summed E-state index contributed by atoms with van der Waals surface area (Å²) >= 11 is 6.14. The van der Waals surface area contributed by atoms with Gasteiger partial charge in [0.1, 0.15) is 11.5 Å². The van der Waals surface area contributed by atoms with E-state index in [0.29, 0.717) is 5.02 Å². The number of hydrogen-bond donors (Lipinski definition) is 2. The largest absolute Gasteiger partial charge is 0.457 e. The predicted molar refractivity (Wildman–Crippen MR) is 84.5 cm³/mol. The molecule has 0 bridgehead atoms. The topological polar surface area (TPSA) is 41.5 Å². The smallest absolute Gasteiger partial charge is 0.131 e. The van der Waals surface area contributed by atoms with Crippen molar-refractivity contribution in [3.8, 4) is 11.5 Å². The SMILES string of the molecule is CNCC1c2ccccc2Oc2ccc(Cl)cc2C1CO. The molecule has 0 aliphatic carbocycles. The summed E-state index contributed by atoms with van der Waals surface area (Å²) in [6, 6.07) is 13.6. The first-order chi connectivity index (χ1) is 10.2. The van der Waals surface area contributed by atoms with E-state index in [1.807, 2.05) is 43.4 Å². The molecule has 4 heteroatoms. The average molecular weight is 304 g/mol. The van der Waals surface area contributed by atoms with E-state index < -0.39 is 0 Å². The average Bonchev–Trinajstić information content (AvgIpc) is 2.62. The van der Waals surface area contributed by atoms with Crippen LogP contribution in [0.2, 0.25) is 5.02 Å². The zero-order valence-electron chi connectivity index (χ0n) is 11.8. The Morgan fingerprint density at radius 3 is 2.62 bits per heavy atom. The zero-order chi connectivity index (χ0) is 14.8. The molecule has 0 radical (unpaired) electrons. The van der Waals surface area contributed by atoms with Crippen LogP contribution in [-0.4, -0.2) is 25.3 Å². The molecule has 3 nitrogen and oxygen atoms in total. The molecule has 1 aliphatic heterocycles. The van der Waals surface area contributed by atoms with Crippen molar-refractivity contribution in [2.45, 2.75) is 11.8 Å². The first-order valence-electron chi connectivity index (χ1n) is 7.06. The van der Waals surface area contributed by atoms with Crippen LogP contribution in [0.15, 0.2) is 42.5 Å². The van der Waals surface area contributed by atoms with E-state index in [4.69, 9.17) is 16.3 Å². The van der Waals surface area contributed by atoms with Crippen molar-refractivity contribution in [2.24, 2.45) is 0 Å². The summed E-state index contributed by atoms with van der Waals surface area (Å²) in [5.41, 5.74) is 2.07. The van der Waals surface area contributed by atoms with Crippen LogP contribution >= 0.6 is 11.6 Å². The molecule has 1 heterocycles. The third kappa shape index (κ3) is 2.64. The summed E-state index contributed by atoms with van der Waals surface area (Å²) < 4.78 is 6.07. The van der Waals surface area contributed by atoms with E-state index in [9.17, 15) is 5.11 Å². The number of aliphatic hydroxyl groups is 1. The van der Waals surface area contributed by atoms with E-state index in [0.717, 1.165) is 29.2 Å². The lowest BCUT2D eigenvalue weighted by Gasteiger charge is -2.25. The van der Waals surface area contributed by atoms with Gasteiger partial charge < -0.3 is 15.2 Å². The maximum atomic E-state index is 9.95. The van der Waals surface area contributed by atoms with Crippen molar-refractivity contribution in [3.05, 3.63) is 58.6 Å². The molecule has 2 unspecified atom stereocenters. The molecule has 0 saturated heterocycles. The van der Waals surface area contributed by atoms with Crippen LogP contribution in [0.5, 0.6) is 11.5 Å². The summed E-state index contributed by atoms with van der Waals surface area (Å²) in [6.45, 7) is 0.814. The molecule has 2 atom stereocenters. The fraction of sp³-hybridized carbons (Fsp3) is 0.294. The number of rotatable bonds is 3. The van der Waals surface area contributed by atoms with E-state index in [1.54, 1.807) is 0 Å². The van der Waals surface area contributed by atoms with E-state index >= 15 is 0 Å². The minimum Gasteiger partial charge on any atom is -0.457 e. The van der Waals surface area contributed by atoms with Gasteiger partial charge in [0, 0.05) is 29.0 Å². The Morgan fingerprint density at radius 2 is 1.86 bits per heavy atom. The lowest BCUT2D eigenvalue weighted by Crippen LogP contribution is -2.24. The number of nitrogens with one attached hydrogen (secondary N) is 1. The van der Waals surface area contributed by atoms with Crippen molar-refractivity contribution in [1.29, 1.82) is 0 Å². The van der Waals surface area contributed by atoms with Gasteiger partial charge in [-0.2, -0.15) is 0 Å². The molecule has 2 aromatic rings. The van der Waals surface area contributed by atoms with Crippen molar-refractivity contribution >= 4 is 11.6 Å². The minimum absolute atomic E-state index is 0.0465. The van der Waals surface area contributed by atoms with Crippen molar-refractivity contribution in [1.82, 2.24) is 5.32 Å². The molecule has 2 N–H and O–H groups in total. The third-order valence-electron chi connectivity index (χ3n) is 4.02. The Hall–Kier alpha value is -1.55. The Bertz CT molecular complexity index is 644. The first kappa shape index (κ1) is 14.4. The molecular formula is C17H18ClNO2. The molecule has 21 heavy (non-hydrogen) atoms. The number of likely N-dealkylation sites (N-methyl/N-ethyl adjacent to an activating group) is 1. The second-order valence-electron chi connectivity index (χ2n) is 5.28. The quantitative estimate of drug-likeness (QED) is 0.911. The Balaban J connectivity index is 2.19. The maximum absolute atomic E-state index is 9.95. The summed E-state index contributed by atoms with van der Waals surface area (Å²) in [5, 5.41) is 13.8. The normalized spacial score (nSPS) is 20.1. The van der Waals surface area contributed by atoms with Crippen LogP contribution in [0.4, 0.5) is 0 Å². The van der Waals surface area contributed by atoms with Crippen LogP contribution in [-0.2, 0) is 0 Å². The van der Waals surface area contributed by atoms with Crippen molar-refractivity contribution in [3.63, 3.8) is 0 Å². The zero-order valence-corrected chi connectivity index (χ0v) is 12.6. The van der Waals surface area contributed by atoms with Gasteiger partial charge in [-0.15, -0.1) is 0 Å². The van der Waals surface area contributed by atoms with Crippen LogP contribution in [0, 0.1) is 0 Å². The molecule has 0 saturated carbocycles. The molecule has 3 rings (SSSR count). The Labute approximate surface area is 129 Å². The van der Waals surface area contributed by atoms with Crippen LogP contribution in [0.25, 0.3) is 0 Å². The van der Waals surface area contributed by atoms with Crippen LogP contribution in [0.3, 0.4) is 0 Å². The van der Waals surface area contributed by atoms with Gasteiger partial charge in [0.2, 0.25) is 0 Å².